The van der Waals surface area contributed by atoms with E-state index in [1.54, 1.807) is 12.5 Å². The number of urea groups is 1. The Hall–Kier alpha value is -2.63. The first-order valence-electron chi connectivity index (χ1n) is 8.50. The first-order valence-corrected chi connectivity index (χ1v) is 8.50. The summed E-state index contributed by atoms with van der Waals surface area (Å²) in [6.45, 7) is 6.98. The van der Waals surface area contributed by atoms with E-state index < -0.39 is 0 Å². The first-order chi connectivity index (χ1) is 11.8. The van der Waals surface area contributed by atoms with Crippen molar-refractivity contribution < 1.29 is 9.59 Å². The van der Waals surface area contributed by atoms with Gasteiger partial charge in [0.25, 0.3) is 0 Å². The number of hydrogen-bond acceptors (Lipinski definition) is 3. The molecule has 25 heavy (non-hydrogen) atoms. The van der Waals surface area contributed by atoms with Crippen LogP contribution in [0.25, 0.3) is 5.69 Å². The van der Waals surface area contributed by atoms with Gasteiger partial charge in [0.2, 0.25) is 5.91 Å². The van der Waals surface area contributed by atoms with Crippen LogP contribution in [0.4, 0.5) is 4.79 Å². The minimum absolute atomic E-state index is 0.0305. The topological polar surface area (TPSA) is 67.2 Å². The lowest BCUT2D eigenvalue weighted by Crippen LogP contribution is -2.55. The number of nitrogens with one attached hydrogen (secondary N) is 1. The quantitative estimate of drug-likeness (QED) is 0.930. The molecule has 1 fully saturated rings. The van der Waals surface area contributed by atoms with Crippen LogP contribution in [-0.2, 0) is 11.3 Å². The molecule has 2 heterocycles. The molecule has 1 saturated heterocycles. The summed E-state index contributed by atoms with van der Waals surface area (Å²) in [5.41, 5.74) is 1.85. The molecule has 2 aromatic rings. The standard InChI is InChI=1S/C19H24N4O2/c1-19(2,3)10-15-11-21-18(25)23(17(15)24)12-14-6-4-5-7-16(14)22-9-8-20-13-22/h4-9,13,15H,10-12H2,1-3H3,(H,21,25). The molecule has 1 aliphatic heterocycles. The van der Waals surface area contributed by atoms with E-state index in [0.29, 0.717) is 6.54 Å². The Bertz CT molecular complexity index is 762. The number of amides is 3. The highest BCUT2D eigenvalue weighted by molar-refractivity contribution is 5.98. The van der Waals surface area contributed by atoms with Gasteiger partial charge in [0.05, 0.1) is 24.5 Å². The summed E-state index contributed by atoms with van der Waals surface area (Å²) in [7, 11) is 0. The molecule has 1 aromatic heterocycles. The van der Waals surface area contributed by atoms with Crippen molar-refractivity contribution in [3.05, 3.63) is 48.5 Å². The van der Waals surface area contributed by atoms with E-state index in [1.165, 1.54) is 4.90 Å². The number of imide groups is 1. The smallest absolute Gasteiger partial charge is 0.324 e. The molecule has 6 heteroatoms. The molecule has 6 nitrogen and oxygen atoms in total. The van der Waals surface area contributed by atoms with Crippen molar-refractivity contribution in [1.82, 2.24) is 19.8 Å². The number of rotatable bonds is 4. The van der Waals surface area contributed by atoms with Gasteiger partial charge < -0.3 is 9.88 Å². The maximum Gasteiger partial charge on any atom is 0.324 e. The summed E-state index contributed by atoms with van der Waals surface area (Å²) in [6, 6.07) is 7.41. The third kappa shape index (κ3) is 3.90. The summed E-state index contributed by atoms with van der Waals surface area (Å²) in [4.78, 5) is 30.6. The molecular formula is C19H24N4O2. The van der Waals surface area contributed by atoms with Crippen LogP contribution in [0.2, 0.25) is 0 Å². The lowest BCUT2D eigenvalue weighted by Gasteiger charge is -2.34. The Balaban J connectivity index is 1.84. The van der Waals surface area contributed by atoms with Crippen molar-refractivity contribution in [3.63, 3.8) is 0 Å². The average Bonchev–Trinajstić information content (AvgIpc) is 3.08. The van der Waals surface area contributed by atoms with Crippen molar-refractivity contribution in [2.75, 3.05) is 6.54 Å². The lowest BCUT2D eigenvalue weighted by atomic mass is 9.83. The van der Waals surface area contributed by atoms with Gasteiger partial charge in [-0.3, -0.25) is 9.69 Å². The number of carbonyl (C=O) groups is 2. The van der Waals surface area contributed by atoms with E-state index in [-0.39, 0.29) is 29.8 Å². The van der Waals surface area contributed by atoms with Gasteiger partial charge >= 0.3 is 6.03 Å². The number of nitrogens with zero attached hydrogens (tertiary/aromatic N) is 3. The van der Waals surface area contributed by atoms with Gasteiger partial charge in [-0.2, -0.15) is 0 Å². The number of aromatic nitrogens is 2. The normalized spacial score (nSPS) is 18.4. The second kappa shape index (κ2) is 6.70. The number of hydrogen-bond donors (Lipinski definition) is 1. The molecular weight excluding hydrogens is 316 g/mol. The Labute approximate surface area is 147 Å². The molecule has 0 aliphatic carbocycles. The first kappa shape index (κ1) is 17.2. The Morgan fingerprint density at radius 2 is 2.00 bits per heavy atom. The number of para-hydroxylation sites is 1. The summed E-state index contributed by atoms with van der Waals surface area (Å²) in [5.74, 6) is -0.280. The minimum atomic E-state index is -0.324. The van der Waals surface area contributed by atoms with Crippen LogP contribution >= 0.6 is 0 Å². The van der Waals surface area contributed by atoms with Crippen LogP contribution < -0.4 is 5.32 Å². The predicted octanol–water partition coefficient (Wildman–Crippen LogP) is 2.98. The third-order valence-corrected chi connectivity index (χ3v) is 4.32. The fraction of sp³-hybridized carbons (Fsp3) is 0.421. The molecule has 1 unspecified atom stereocenters. The Morgan fingerprint density at radius 3 is 2.68 bits per heavy atom. The van der Waals surface area contributed by atoms with Crippen LogP contribution in [0, 0.1) is 11.3 Å². The van der Waals surface area contributed by atoms with E-state index in [1.807, 2.05) is 35.0 Å². The fourth-order valence-corrected chi connectivity index (χ4v) is 3.23. The molecule has 1 N–H and O–H groups in total. The molecule has 0 bridgehead atoms. The molecule has 1 aliphatic rings. The van der Waals surface area contributed by atoms with Crippen molar-refractivity contribution in [2.45, 2.75) is 33.7 Å². The maximum absolute atomic E-state index is 12.9. The molecule has 0 saturated carbocycles. The summed E-state index contributed by atoms with van der Waals surface area (Å²) >= 11 is 0. The van der Waals surface area contributed by atoms with Gasteiger partial charge in [0.1, 0.15) is 0 Å². The Kier molecular flexibility index (Phi) is 4.61. The highest BCUT2D eigenvalue weighted by atomic mass is 16.2. The average molecular weight is 340 g/mol. The lowest BCUT2D eigenvalue weighted by molar-refractivity contribution is -0.135. The zero-order valence-electron chi connectivity index (χ0n) is 14.9. The fourth-order valence-electron chi connectivity index (χ4n) is 3.23. The van der Waals surface area contributed by atoms with E-state index in [4.69, 9.17) is 0 Å². The van der Waals surface area contributed by atoms with Gasteiger partial charge in [0.15, 0.2) is 0 Å². The van der Waals surface area contributed by atoms with E-state index in [0.717, 1.165) is 17.7 Å². The van der Waals surface area contributed by atoms with Crippen molar-refractivity contribution in [2.24, 2.45) is 11.3 Å². The van der Waals surface area contributed by atoms with Gasteiger partial charge in [-0.15, -0.1) is 0 Å². The third-order valence-electron chi connectivity index (χ3n) is 4.32. The highest BCUT2D eigenvalue weighted by Crippen LogP contribution is 2.28. The molecule has 1 aromatic carbocycles. The second-order valence-electron chi connectivity index (χ2n) is 7.67. The number of carbonyl (C=O) groups excluding carboxylic acids is 2. The van der Waals surface area contributed by atoms with Crippen molar-refractivity contribution in [1.29, 1.82) is 0 Å². The van der Waals surface area contributed by atoms with E-state index in [9.17, 15) is 9.59 Å². The summed E-state index contributed by atoms with van der Waals surface area (Å²) in [5, 5.41) is 2.86. The largest absolute Gasteiger partial charge is 0.337 e. The SMILES string of the molecule is CC(C)(C)CC1CNC(=O)N(Cc2ccccc2-n2ccnc2)C1=O. The predicted molar refractivity (Wildman–Crippen MR) is 95.1 cm³/mol. The Morgan fingerprint density at radius 1 is 1.24 bits per heavy atom. The number of imidazole rings is 1. The van der Waals surface area contributed by atoms with Gasteiger partial charge in [0, 0.05) is 18.9 Å². The molecule has 0 spiro atoms. The summed E-state index contributed by atoms with van der Waals surface area (Å²) < 4.78 is 1.88. The maximum atomic E-state index is 12.9. The van der Waals surface area contributed by atoms with Crippen LogP contribution in [-0.4, -0.2) is 32.9 Å². The molecule has 0 radical (unpaired) electrons. The van der Waals surface area contributed by atoms with Crippen molar-refractivity contribution >= 4 is 11.9 Å². The second-order valence-corrected chi connectivity index (χ2v) is 7.67. The van der Waals surface area contributed by atoms with Crippen LogP contribution in [0.1, 0.15) is 32.8 Å². The molecule has 132 valence electrons. The van der Waals surface area contributed by atoms with E-state index in [2.05, 4.69) is 31.1 Å². The molecule has 3 rings (SSSR count). The molecule has 3 amide bonds. The van der Waals surface area contributed by atoms with Crippen molar-refractivity contribution in [3.8, 4) is 5.69 Å². The van der Waals surface area contributed by atoms with Gasteiger partial charge in [-0.05, 0) is 23.5 Å². The minimum Gasteiger partial charge on any atom is -0.337 e. The molecule has 1 atom stereocenters. The highest BCUT2D eigenvalue weighted by Gasteiger charge is 2.36. The summed E-state index contributed by atoms with van der Waals surface area (Å²) in [6.07, 6.45) is 6.00. The van der Waals surface area contributed by atoms with Gasteiger partial charge in [-0.1, -0.05) is 39.0 Å². The van der Waals surface area contributed by atoms with Crippen LogP contribution in [0.3, 0.4) is 0 Å². The zero-order valence-corrected chi connectivity index (χ0v) is 14.9. The van der Waals surface area contributed by atoms with E-state index >= 15 is 0 Å². The monoisotopic (exact) mass is 340 g/mol. The number of benzene rings is 1. The van der Waals surface area contributed by atoms with Crippen LogP contribution in [0.15, 0.2) is 43.0 Å². The van der Waals surface area contributed by atoms with Gasteiger partial charge in [-0.25, -0.2) is 9.78 Å². The van der Waals surface area contributed by atoms with Crippen LogP contribution in [0.5, 0.6) is 0 Å². The zero-order chi connectivity index (χ0) is 18.0.